The molecular weight excluding hydrogens is 622 g/mol. The minimum absolute atomic E-state index is 0.0898. The van der Waals surface area contributed by atoms with Crippen LogP contribution < -0.4 is 15.2 Å². The molecule has 47 heavy (non-hydrogen) atoms. The highest BCUT2D eigenvalue weighted by Gasteiger charge is 2.57. The summed E-state index contributed by atoms with van der Waals surface area (Å²) in [5.74, 6) is -3.70. The normalized spacial score (nSPS) is 24.2. The molecule has 3 aliphatic carbocycles. The average molecular weight is 667 g/mol. The zero-order chi connectivity index (χ0) is 33.2. The minimum Gasteiger partial charge on any atom is -0.493 e. The predicted molar refractivity (Wildman–Crippen MR) is 176 cm³/mol. The zero-order valence-electron chi connectivity index (χ0n) is 26.8. The molecule has 10 heteroatoms. The SMILES string of the molecule is CN([C@H](C(=O)C1C2CCC1CC(N)C2)C(F)(F)c1ccc(Oc2ccccc2)cc1)S(=O)(=O)c1ccc(OCC2CCCCC2)cc1. The zero-order valence-corrected chi connectivity index (χ0v) is 27.6. The quantitative estimate of drug-likeness (QED) is 0.214. The predicted octanol–water partition coefficient (Wildman–Crippen LogP) is 7.55. The van der Waals surface area contributed by atoms with Gasteiger partial charge in [-0.15, -0.1) is 0 Å². The number of benzene rings is 3. The second-order valence-electron chi connectivity index (χ2n) is 13.5. The van der Waals surface area contributed by atoms with Crippen LogP contribution in [0.15, 0.2) is 83.8 Å². The first-order chi connectivity index (χ1) is 22.5. The second-order valence-corrected chi connectivity index (χ2v) is 15.5. The fourth-order valence-corrected chi connectivity index (χ4v) is 9.24. The van der Waals surface area contributed by atoms with E-state index in [0.29, 0.717) is 46.9 Å². The van der Waals surface area contributed by atoms with Crippen molar-refractivity contribution in [3.63, 3.8) is 0 Å². The first-order valence-electron chi connectivity index (χ1n) is 16.8. The molecule has 0 aliphatic heterocycles. The van der Waals surface area contributed by atoms with Gasteiger partial charge in [-0.3, -0.25) is 4.79 Å². The van der Waals surface area contributed by atoms with Crippen LogP contribution in [0.1, 0.15) is 63.4 Å². The number of fused-ring (bicyclic) bond motifs is 2. The highest BCUT2D eigenvalue weighted by Crippen LogP contribution is 2.50. The van der Waals surface area contributed by atoms with Gasteiger partial charge in [0.05, 0.1) is 11.5 Å². The van der Waals surface area contributed by atoms with Crippen LogP contribution >= 0.6 is 0 Å². The number of likely N-dealkylation sites (N-methyl/N-ethyl adjacent to an activating group) is 1. The molecule has 252 valence electrons. The lowest BCUT2D eigenvalue weighted by Gasteiger charge is -2.39. The molecule has 3 atom stereocenters. The van der Waals surface area contributed by atoms with Crippen molar-refractivity contribution in [3.05, 3.63) is 84.4 Å². The van der Waals surface area contributed by atoms with Crippen molar-refractivity contribution in [1.82, 2.24) is 4.31 Å². The van der Waals surface area contributed by atoms with E-state index in [-0.39, 0.29) is 22.8 Å². The molecule has 6 rings (SSSR count). The number of hydrogen-bond donors (Lipinski definition) is 1. The summed E-state index contributed by atoms with van der Waals surface area (Å²) in [4.78, 5) is 14.1. The van der Waals surface area contributed by atoms with Gasteiger partial charge in [0.1, 0.15) is 17.2 Å². The molecular formula is C37H44F2N2O5S. The van der Waals surface area contributed by atoms with Gasteiger partial charge in [-0.05, 0) is 117 Å². The van der Waals surface area contributed by atoms with Gasteiger partial charge in [-0.2, -0.15) is 13.1 Å². The number of rotatable bonds is 12. The Morgan fingerprint density at radius 3 is 2.04 bits per heavy atom. The third-order valence-electron chi connectivity index (χ3n) is 10.4. The van der Waals surface area contributed by atoms with E-state index in [0.717, 1.165) is 32.7 Å². The summed E-state index contributed by atoms with van der Waals surface area (Å²) < 4.78 is 73.8. The smallest absolute Gasteiger partial charge is 0.296 e. The van der Waals surface area contributed by atoms with Crippen molar-refractivity contribution >= 4 is 15.8 Å². The van der Waals surface area contributed by atoms with Crippen LogP contribution in [0.5, 0.6) is 17.2 Å². The number of alkyl halides is 2. The molecule has 3 fully saturated rings. The first kappa shape index (κ1) is 33.6. The van der Waals surface area contributed by atoms with Crippen LogP contribution in [-0.4, -0.2) is 44.2 Å². The molecule has 2 unspecified atom stereocenters. The highest BCUT2D eigenvalue weighted by atomic mass is 32.2. The molecule has 3 aromatic rings. The van der Waals surface area contributed by atoms with Crippen LogP contribution in [0.25, 0.3) is 0 Å². The molecule has 0 spiro atoms. The van der Waals surface area contributed by atoms with E-state index in [1.807, 2.05) is 6.07 Å². The Labute approximate surface area is 276 Å². The van der Waals surface area contributed by atoms with E-state index in [2.05, 4.69) is 0 Å². The highest BCUT2D eigenvalue weighted by molar-refractivity contribution is 7.89. The molecule has 0 radical (unpaired) electrons. The number of halogens is 2. The summed E-state index contributed by atoms with van der Waals surface area (Å²) in [6.07, 6.45) is 8.39. The van der Waals surface area contributed by atoms with Crippen LogP contribution in [0, 0.1) is 23.7 Å². The largest absolute Gasteiger partial charge is 0.493 e. The van der Waals surface area contributed by atoms with Crippen LogP contribution in [-0.2, 0) is 20.7 Å². The number of ketones is 1. The molecule has 2 bridgehead atoms. The number of para-hydroxylation sites is 1. The summed E-state index contributed by atoms with van der Waals surface area (Å²) in [5, 5.41) is 0. The number of nitrogens with two attached hydrogens (primary N) is 1. The number of hydrogen-bond acceptors (Lipinski definition) is 6. The molecule has 7 nitrogen and oxygen atoms in total. The second kappa shape index (κ2) is 14.0. The van der Waals surface area contributed by atoms with Gasteiger partial charge in [-0.25, -0.2) is 8.42 Å². The van der Waals surface area contributed by atoms with E-state index in [1.165, 1.54) is 55.7 Å². The topological polar surface area (TPSA) is 98.9 Å². The average Bonchev–Trinajstić information content (AvgIpc) is 3.35. The Hall–Kier alpha value is -3.34. The number of carbonyl (C=O) groups excluding carboxylic acids is 1. The van der Waals surface area contributed by atoms with Gasteiger partial charge < -0.3 is 15.2 Å². The Balaban J connectivity index is 1.27. The first-order valence-corrected chi connectivity index (χ1v) is 18.2. The van der Waals surface area contributed by atoms with E-state index >= 15 is 8.78 Å². The number of nitrogens with zero attached hydrogens (tertiary/aromatic N) is 1. The molecule has 2 N–H and O–H groups in total. The Morgan fingerprint density at radius 1 is 0.851 bits per heavy atom. The summed E-state index contributed by atoms with van der Waals surface area (Å²) in [6, 6.07) is 17.6. The molecule has 0 amide bonds. The minimum atomic E-state index is -4.51. The molecule has 3 aliphatic rings. The fourth-order valence-electron chi connectivity index (χ4n) is 7.92. The van der Waals surface area contributed by atoms with Crippen molar-refractivity contribution in [2.45, 2.75) is 80.7 Å². The third kappa shape index (κ3) is 7.25. The van der Waals surface area contributed by atoms with E-state index < -0.39 is 39.3 Å². The van der Waals surface area contributed by atoms with Crippen molar-refractivity contribution in [2.75, 3.05) is 13.7 Å². The van der Waals surface area contributed by atoms with Gasteiger partial charge in [0.15, 0.2) is 11.8 Å². The molecule has 0 saturated heterocycles. The number of ether oxygens (including phenoxy) is 2. The molecule has 0 aromatic heterocycles. The lowest BCUT2D eigenvalue weighted by atomic mass is 9.72. The van der Waals surface area contributed by atoms with Gasteiger partial charge in [0, 0.05) is 24.6 Å². The number of carbonyl (C=O) groups is 1. The standard InChI is InChI=1S/C37H44F2N2O5S/c1-41(47(43,44)33-20-18-30(19-21-33)45-24-25-8-4-2-5-9-25)36(35(42)34-26-12-13-27(34)23-29(40)22-26)37(38,39)28-14-16-32(17-15-28)46-31-10-6-3-7-11-31/h3,6-7,10-11,14-21,25-27,29,34,36H,2,4-5,8-9,12-13,22-24,40H2,1H3/t26?,27?,29?,34?,36-/m1/s1. The van der Waals surface area contributed by atoms with E-state index in [9.17, 15) is 13.2 Å². The van der Waals surface area contributed by atoms with Gasteiger partial charge in [-0.1, -0.05) is 37.5 Å². The monoisotopic (exact) mass is 666 g/mol. The Morgan fingerprint density at radius 2 is 1.43 bits per heavy atom. The maximum absolute atomic E-state index is 16.8. The van der Waals surface area contributed by atoms with Crippen molar-refractivity contribution in [2.24, 2.45) is 29.4 Å². The van der Waals surface area contributed by atoms with E-state index in [1.54, 1.807) is 36.4 Å². The molecule has 3 aromatic carbocycles. The lowest BCUT2D eigenvalue weighted by Crippen LogP contribution is -2.55. The summed E-state index contributed by atoms with van der Waals surface area (Å²) in [7, 11) is -3.43. The van der Waals surface area contributed by atoms with Crippen molar-refractivity contribution in [3.8, 4) is 17.2 Å². The molecule has 3 saturated carbocycles. The van der Waals surface area contributed by atoms with Crippen molar-refractivity contribution < 1.29 is 31.5 Å². The summed E-state index contributed by atoms with van der Waals surface area (Å²) >= 11 is 0. The van der Waals surface area contributed by atoms with Crippen molar-refractivity contribution in [1.29, 1.82) is 0 Å². The van der Waals surface area contributed by atoms with Crippen LogP contribution in [0.4, 0.5) is 8.78 Å². The number of Topliss-reactive ketones (excluding diaryl/α,β-unsaturated/α-hetero) is 1. The van der Waals surface area contributed by atoms with Gasteiger partial charge >= 0.3 is 0 Å². The van der Waals surface area contributed by atoms with Gasteiger partial charge in [0.2, 0.25) is 10.0 Å². The Kier molecular flexibility index (Phi) is 10.0. The maximum Gasteiger partial charge on any atom is 0.296 e. The van der Waals surface area contributed by atoms with Crippen LogP contribution in [0.3, 0.4) is 0 Å². The molecule has 0 heterocycles. The lowest BCUT2D eigenvalue weighted by molar-refractivity contribution is -0.145. The van der Waals surface area contributed by atoms with E-state index in [4.69, 9.17) is 15.2 Å². The summed E-state index contributed by atoms with van der Waals surface area (Å²) in [6.45, 7) is 0.553. The third-order valence-corrected chi connectivity index (χ3v) is 12.2. The maximum atomic E-state index is 16.8. The fraction of sp³-hybridized carbons (Fsp3) is 0.486. The number of sulfonamides is 1. The van der Waals surface area contributed by atoms with Crippen LogP contribution in [0.2, 0.25) is 0 Å². The Bertz CT molecular complexity index is 1600. The van der Waals surface area contributed by atoms with Gasteiger partial charge in [0.25, 0.3) is 5.92 Å². The summed E-state index contributed by atoms with van der Waals surface area (Å²) in [5.41, 5.74) is 5.77.